The molecule has 0 atom stereocenters. The molecule has 2 aromatic carbocycles. The molecular weight excluding hydrogens is 260 g/mol. The lowest BCUT2D eigenvalue weighted by atomic mass is 9.95. The molecule has 3 rings (SSSR count). The molecule has 0 N–H and O–H groups in total. The van der Waals surface area contributed by atoms with Crippen LogP contribution in [0.5, 0.6) is 0 Å². The van der Waals surface area contributed by atoms with Gasteiger partial charge in [0.1, 0.15) is 5.58 Å². The van der Waals surface area contributed by atoms with E-state index in [2.05, 4.69) is 32.9 Å². The summed E-state index contributed by atoms with van der Waals surface area (Å²) in [7, 11) is 0. The van der Waals surface area contributed by atoms with Crippen LogP contribution in [0.25, 0.3) is 22.1 Å². The van der Waals surface area contributed by atoms with Crippen LogP contribution in [0, 0.1) is 6.92 Å². The monoisotopic (exact) mass is 278 g/mol. The molecule has 0 amide bonds. The molecule has 1 aromatic heterocycles. The second-order valence-corrected chi connectivity index (χ2v) is 5.70. The standard InChI is InChI=1S/C19H18O2/c1-12(2)14-8-9-18-17(10-14)16(11-19(20)21-18)15-7-5-4-6-13(15)3/h4-12H,1-3H3. The molecule has 0 saturated heterocycles. The lowest BCUT2D eigenvalue weighted by Gasteiger charge is -2.11. The Bertz CT molecular complexity index is 857. The summed E-state index contributed by atoms with van der Waals surface area (Å²) in [5.74, 6) is 0.436. The fourth-order valence-corrected chi connectivity index (χ4v) is 2.64. The number of aryl methyl sites for hydroxylation is 1. The predicted molar refractivity (Wildman–Crippen MR) is 86.7 cm³/mol. The Balaban J connectivity index is 2.38. The summed E-state index contributed by atoms with van der Waals surface area (Å²) in [6.07, 6.45) is 0. The molecule has 3 aromatic rings. The Labute approximate surface area is 124 Å². The maximum absolute atomic E-state index is 11.8. The van der Waals surface area contributed by atoms with Crippen molar-refractivity contribution in [2.75, 3.05) is 0 Å². The first kappa shape index (κ1) is 13.6. The highest BCUT2D eigenvalue weighted by Crippen LogP contribution is 2.31. The Hall–Kier alpha value is -2.35. The number of benzene rings is 2. The van der Waals surface area contributed by atoms with Gasteiger partial charge in [0.05, 0.1) is 0 Å². The first-order valence-corrected chi connectivity index (χ1v) is 7.20. The van der Waals surface area contributed by atoms with Gasteiger partial charge < -0.3 is 4.42 Å². The number of hydrogen-bond acceptors (Lipinski definition) is 2. The molecule has 106 valence electrons. The number of fused-ring (bicyclic) bond motifs is 1. The molecule has 0 saturated carbocycles. The van der Waals surface area contributed by atoms with E-state index in [-0.39, 0.29) is 5.63 Å². The zero-order valence-corrected chi connectivity index (χ0v) is 12.5. The van der Waals surface area contributed by atoms with E-state index in [1.165, 1.54) is 5.56 Å². The highest BCUT2D eigenvalue weighted by molar-refractivity contribution is 5.94. The molecule has 0 bridgehead atoms. The zero-order chi connectivity index (χ0) is 15.0. The van der Waals surface area contributed by atoms with Gasteiger partial charge in [-0.3, -0.25) is 0 Å². The molecule has 2 nitrogen and oxygen atoms in total. The van der Waals surface area contributed by atoms with E-state index in [0.29, 0.717) is 11.5 Å². The lowest BCUT2D eigenvalue weighted by molar-refractivity contribution is 0.561. The van der Waals surface area contributed by atoms with E-state index in [1.807, 2.05) is 30.3 Å². The van der Waals surface area contributed by atoms with Crippen molar-refractivity contribution in [3.05, 3.63) is 70.1 Å². The van der Waals surface area contributed by atoms with Crippen molar-refractivity contribution in [3.63, 3.8) is 0 Å². The lowest BCUT2D eigenvalue weighted by Crippen LogP contribution is -1.99. The fourth-order valence-electron chi connectivity index (χ4n) is 2.64. The maximum atomic E-state index is 11.8. The Kier molecular flexibility index (Phi) is 3.38. The van der Waals surface area contributed by atoms with Crippen LogP contribution in [0.1, 0.15) is 30.9 Å². The molecule has 0 radical (unpaired) electrons. The van der Waals surface area contributed by atoms with Gasteiger partial charge in [0, 0.05) is 17.0 Å². The second kappa shape index (κ2) is 5.21. The topological polar surface area (TPSA) is 30.2 Å². The van der Waals surface area contributed by atoms with E-state index in [0.717, 1.165) is 22.1 Å². The third-order valence-electron chi connectivity index (χ3n) is 3.87. The maximum Gasteiger partial charge on any atom is 0.336 e. The van der Waals surface area contributed by atoms with Crippen LogP contribution in [0.15, 0.2) is 57.7 Å². The molecule has 0 aliphatic carbocycles. The van der Waals surface area contributed by atoms with E-state index >= 15 is 0 Å². The minimum atomic E-state index is -0.307. The first-order chi connectivity index (χ1) is 10.1. The second-order valence-electron chi connectivity index (χ2n) is 5.70. The predicted octanol–water partition coefficient (Wildman–Crippen LogP) is 4.89. The fraction of sp³-hybridized carbons (Fsp3) is 0.211. The van der Waals surface area contributed by atoms with Crippen LogP contribution in [0.4, 0.5) is 0 Å². The average molecular weight is 278 g/mol. The van der Waals surface area contributed by atoms with Crippen LogP contribution in [0.2, 0.25) is 0 Å². The summed E-state index contributed by atoms with van der Waals surface area (Å²) < 4.78 is 5.34. The van der Waals surface area contributed by atoms with Crippen LogP contribution in [-0.2, 0) is 0 Å². The van der Waals surface area contributed by atoms with Crippen LogP contribution in [0.3, 0.4) is 0 Å². The summed E-state index contributed by atoms with van der Waals surface area (Å²) in [5, 5.41) is 0.995. The van der Waals surface area contributed by atoms with Crippen LogP contribution in [-0.4, -0.2) is 0 Å². The van der Waals surface area contributed by atoms with Crippen LogP contribution >= 0.6 is 0 Å². The minimum Gasteiger partial charge on any atom is -0.423 e. The molecule has 0 spiro atoms. The van der Waals surface area contributed by atoms with Crippen molar-refractivity contribution in [3.8, 4) is 11.1 Å². The molecule has 0 fully saturated rings. The van der Waals surface area contributed by atoms with Gasteiger partial charge in [0.2, 0.25) is 0 Å². The largest absolute Gasteiger partial charge is 0.423 e. The van der Waals surface area contributed by atoms with E-state index < -0.39 is 0 Å². The third kappa shape index (κ3) is 2.49. The molecular formula is C19H18O2. The highest BCUT2D eigenvalue weighted by atomic mass is 16.4. The van der Waals surface area contributed by atoms with Gasteiger partial charge >= 0.3 is 5.63 Å². The molecule has 2 heteroatoms. The summed E-state index contributed by atoms with van der Waals surface area (Å²) in [6, 6.07) is 15.7. The minimum absolute atomic E-state index is 0.307. The highest BCUT2D eigenvalue weighted by Gasteiger charge is 2.11. The Morgan fingerprint density at radius 3 is 2.43 bits per heavy atom. The van der Waals surface area contributed by atoms with Crippen molar-refractivity contribution in [1.82, 2.24) is 0 Å². The van der Waals surface area contributed by atoms with Gasteiger partial charge in [-0.25, -0.2) is 4.79 Å². The van der Waals surface area contributed by atoms with Gasteiger partial charge in [-0.15, -0.1) is 0 Å². The van der Waals surface area contributed by atoms with Crippen molar-refractivity contribution in [1.29, 1.82) is 0 Å². The van der Waals surface area contributed by atoms with Gasteiger partial charge in [0.25, 0.3) is 0 Å². The van der Waals surface area contributed by atoms with Crippen LogP contribution < -0.4 is 5.63 Å². The summed E-state index contributed by atoms with van der Waals surface area (Å²) in [5.41, 5.74) is 4.76. The molecule has 1 heterocycles. The summed E-state index contributed by atoms with van der Waals surface area (Å²) in [4.78, 5) is 11.8. The van der Waals surface area contributed by atoms with Gasteiger partial charge in [-0.1, -0.05) is 44.2 Å². The number of rotatable bonds is 2. The Morgan fingerprint density at radius 2 is 1.71 bits per heavy atom. The Morgan fingerprint density at radius 1 is 0.952 bits per heavy atom. The molecule has 0 unspecified atom stereocenters. The average Bonchev–Trinajstić information content (AvgIpc) is 2.46. The first-order valence-electron chi connectivity index (χ1n) is 7.20. The normalized spacial score (nSPS) is 11.2. The van der Waals surface area contributed by atoms with Gasteiger partial charge in [-0.2, -0.15) is 0 Å². The van der Waals surface area contributed by atoms with Crippen molar-refractivity contribution in [2.24, 2.45) is 0 Å². The van der Waals surface area contributed by atoms with Gasteiger partial charge in [0.15, 0.2) is 0 Å². The SMILES string of the molecule is Cc1ccccc1-c1cc(=O)oc2ccc(C(C)C)cc12. The van der Waals surface area contributed by atoms with E-state index in [9.17, 15) is 4.79 Å². The summed E-state index contributed by atoms with van der Waals surface area (Å²) >= 11 is 0. The quantitative estimate of drug-likeness (QED) is 0.625. The summed E-state index contributed by atoms with van der Waals surface area (Å²) in [6.45, 7) is 6.38. The van der Waals surface area contributed by atoms with E-state index in [1.54, 1.807) is 6.07 Å². The zero-order valence-electron chi connectivity index (χ0n) is 12.5. The van der Waals surface area contributed by atoms with Crippen molar-refractivity contribution >= 4 is 11.0 Å². The van der Waals surface area contributed by atoms with Crippen molar-refractivity contribution in [2.45, 2.75) is 26.7 Å². The van der Waals surface area contributed by atoms with Crippen molar-refractivity contribution < 1.29 is 4.42 Å². The third-order valence-corrected chi connectivity index (χ3v) is 3.87. The molecule has 0 aliphatic rings. The molecule has 0 aliphatic heterocycles. The van der Waals surface area contributed by atoms with Gasteiger partial charge in [-0.05, 0) is 41.7 Å². The molecule has 21 heavy (non-hydrogen) atoms. The number of hydrogen-bond donors (Lipinski definition) is 0. The smallest absolute Gasteiger partial charge is 0.336 e. The van der Waals surface area contributed by atoms with E-state index in [4.69, 9.17) is 4.42 Å².